The third kappa shape index (κ3) is 4.93. The number of anilines is 1. The molecule has 2 N–H and O–H groups in total. The fraction of sp³-hybridized carbons (Fsp3) is 0.0769. The fourth-order valence-corrected chi connectivity index (χ4v) is 4.57. The van der Waals surface area contributed by atoms with Crippen molar-refractivity contribution in [3.63, 3.8) is 0 Å². The molecule has 0 saturated heterocycles. The molecule has 1 amide bonds. The van der Waals surface area contributed by atoms with Crippen molar-refractivity contribution in [3.8, 4) is 16.5 Å². The number of aromatic amines is 1. The topological polar surface area (TPSA) is 136 Å². The number of amides is 1. The Balaban J connectivity index is 1.55. The number of carbonyl (C=O) groups is 1. The molecule has 10 nitrogen and oxygen atoms in total. The summed E-state index contributed by atoms with van der Waals surface area (Å²) in [6.07, 6.45) is 0.413. The molecular weight excluding hydrogens is 492 g/mol. The summed E-state index contributed by atoms with van der Waals surface area (Å²) in [7, 11) is 0. The largest absolute Gasteiger partial charge is 0.306 e. The lowest BCUT2D eigenvalue weighted by Crippen LogP contribution is -2.22. The summed E-state index contributed by atoms with van der Waals surface area (Å²) >= 11 is 1.45. The van der Waals surface area contributed by atoms with Crippen LogP contribution in [0.1, 0.15) is 27.2 Å². The maximum atomic E-state index is 13.1. The van der Waals surface area contributed by atoms with Crippen LogP contribution >= 0.6 is 11.3 Å². The minimum Gasteiger partial charge on any atom is -0.306 e. The van der Waals surface area contributed by atoms with E-state index >= 15 is 0 Å². The van der Waals surface area contributed by atoms with Crippen LogP contribution in [-0.2, 0) is 6.42 Å². The predicted octanol–water partition coefficient (Wildman–Crippen LogP) is 4.74. The fourth-order valence-electron chi connectivity index (χ4n) is 3.89. The van der Waals surface area contributed by atoms with Gasteiger partial charge in [-0.15, -0.1) is 11.3 Å². The number of aryl methyl sites for hydroxylation is 1. The molecule has 5 aromatic rings. The summed E-state index contributed by atoms with van der Waals surface area (Å²) in [5, 5.41) is 20.6. The predicted molar refractivity (Wildman–Crippen MR) is 140 cm³/mol. The van der Waals surface area contributed by atoms with Crippen molar-refractivity contribution in [2.24, 2.45) is 0 Å². The molecule has 2 aromatic carbocycles. The van der Waals surface area contributed by atoms with Gasteiger partial charge in [0.1, 0.15) is 17.1 Å². The van der Waals surface area contributed by atoms with Crippen molar-refractivity contribution in [3.05, 3.63) is 121 Å². The second-order valence-corrected chi connectivity index (χ2v) is 9.10. The van der Waals surface area contributed by atoms with Crippen molar-refractivity contribution >= 4 is 28.7 Å². The lowest BCUT2D eigenvalue weighted by Gasteiger charge is -2.11. The first-order chi connectivity index (χ1) is 17.9. The van der Waals surface area contributed by atoms with E-state index in [0.29, 0.717) is 23.4 Å². The van der Waals surface area contributed by atoms with Gasteiger partial charge in [-0.3, -0.25) is 24.7 Å². The van der Waals surface area contributed by atoms with Crippen molar-refractivity contribution in [2.75, 3.05) is 5.32 Å². The smallest absolute Gasteiger partial charge is 0.282 e. The molecule has 0 radical (unpaired) electrons. The highest BCUT2D eigenvalue weighted by atomic mass is 32.1. The molecule has 37 heavy (non-hydrogen) atoms. The van der Waals surface area contributed by atoms with Gasteiger partial charge >= 0.3 is 0 Å². The molecule has 184 valence electrons. The Kier molecular flexibility index (Phi) is 6.43. The minimum absolute atomic E-state index is 0.103. The van der Waals surface area contributed by atoms with Crippen molar-refractivity contribution in [2.45, 2.75) is 13.3 Å². The molecule has 0 unspecified atom stereocenters. The molecule has 0 aliphatic rings. The van der Waals surface area contributed by atoms with Crippen molar-refractivity contribution in [1.29, 1.82) is 0 Å². The van der Waals surface area contributed by atoms with Crippen LogP contribution in [0.2, 0.25) is 0 Å². The van der Waals surface area contributed by atoms with Gasteiger partial charge in [-0.05, 0) is 30.0 Å². The first-order valence-corrected chi connectivity index (χ1v) is 12.1. The molecule has 0 spiro atoms. The molecule has 0 aliphatic carbocycles. The molecule has 5 rings (SSSR count). The second-order valence-electron chi connectivity index (χ2n) is 8.15. The summed E-state index contributed by atoms with van der Waals surface area (Å²) < 4.78 is 1.32. The average Bonchev–Trinajstić information content (AvgIpc) is 3.57. The van der Waals surface area contributed by atoms with Gasteiger partial charge in [0.15, 0.2) is 0 Å². The summed E-state index contributed by atoms with van der Waals surface area (Å²) in [6, 6.07) is 20.6. The number of H-pyrrole nitrogens is 1. The van der Waals surface area contributed by atoms with Gasteiger partial charge in [0.05, 0.1) is 15.5 Å². The van der Waals surface area contributed by atoms with E-state index in [9.17, 15) is 19.7 Å². The van der Waals surface area contributed by atoms with Crippen LogP contribution in [0.3, 0.4) is 0 Å². The van der Waals surface area contributed by atoms with Crippen LogP contribution < -0.4 is 10.9 Å². The van der Waals surface area contributed by atoms with Crippen molar-refractivity contribution < 1.29 is 9.72 Å². The van der Waals surface area contributed by atoms with Crippen LogP contribution in [0, 0.1) is 17.0 Å². The number of thiophene rings is 1. The number of rotatable bonds is 7. The van der Waals surface area contributed by atoms with E-state index in [1.807, 2.05) is 47.8 Å². The first-order valence-electron chi connectivity index (χ1n) is 11.2. The van der Waals surface area contributed by atoms with Crippen LogP contribution in [0.15, 0.2) is 83.0 Å². The highest BCUT2D eigenvalue weighted by Gasteiger charge is 2.23. The maximum absolute atomic E-state index is 13.1. The normalized spacial score (nSPS) is 10.8. The first kappa shape index (κ1) is 23.8. The van der Waals surface area contributed by atoms with Gasteiger partial charge in [-0.2, -0.15) is 9.78 Å². The van der Waals surface area contributed by atoms with Gasteiger partial charge in [-0.25, -0.2) is 4.98 Å². The van der Waals surface area contributed by atoms with E-state index in [2.05, 4.69) is 20.4 Å². The number of carbonyl (C=O) groups excluding carboxylic acids is 1. The lowest BCUT2D eigenvalue weighted by molar-refractivity contribution is -0.385. The van der Waals surface area contributed by atoms with Crippen LogP contribution in [0.4, 0.5) is 11.5 Å². The zero-order chi connectivity index (χ0) is 25.9. The Morgan fingerprint density at radius 2 is 1.86 bits per heavy atom. The van der Waals surface area contributed by atoms with E-state index < -0.39 is 10.8 Å². The number of benzene rings is 2. The number of hydrogen-bond acceptors (Lipinski definition) is 7. The highest BCUT2D eigenvalue weighted by Crippen LogP contribution is 2.28. The number of para-hydroxylation sites is 1. The third-order valence-electron chi connectivity index (χ3n) is 5.70. The highest BCUT2D eigenvalue weighted by molar-refractivity contribution is 7.13. The minimum atomic E-state index is -0.689. The maximum Gasteiger partial charge on any atom is 0.282 e. The number of nitrogens with one attached hydrogen (secondary N) is 2. The molecular formula is C26H20N6O4S. The summed E-state index contributed by atoms with van der Waals surface area (Å²) in [4.78, 5) is 45.1. The van der Waals surface area contributed by atoms with E-state index in [1.54, 1.807) is 19.1 Å². The summed E-state index contributed by atoms with van der Waals surface area (Å²) in [5.41, 5.74) is 1.81. The molecule has 3 aromatic heterocycles. The zero-order valence-electron chi connectivity index (χ0n) is 19.5. The van der Waals surface area contributed by atoms with Gasteiger partial charge in [0, 0.05) is 24.1 Å². The lowest BCUT2D eigenvalue weighted by atomic mass is 10.1. The van der Waals surface area contributed by atoms with Crippen molar-refractivity contribution in [1.82, 2.24) is 19.7 Å². The number of hydrogen-bond donors (Lipinski definition) is 2. The van der Waals surface area contributed by atoms with Crippen LogP contribution in [0.5, 0.6) is 0 Å². The standard InChI is InChI=1S/C26H20N6O4S/c1-16-19(14-17-8-3-2-4-9-17)25(34)29-26(27-16)31-23(15-20(30-31)22-12-7-13-37-22)28-24(33)18-10-5-6-11-21(18)32(35)36/h2-13,15H,14H2,1H3,(H,28,33)(H,27,29,34). The molecule has 11 heteroatoms. The summed E-state index contributed by atoms with van der Waals surface area (Å²) in [6.45, 7) is 1.74. The van der Waals surface area contributed by atoms with E-state index in [1.165, 1.54) is 34.2 Å². The number of aromatic nitrogens is 4. The van der Waals surface area contributed by atoms with Gasteiger partial charge in [0.2, 0.25) is 5.95 Å². The Morgan fingerprint density at radius 3 is 2.57 bits per heavy atom. The van der Waals surface area contributed by atoms with E-state index in [-0.39, 0.29) is 28.6 Å². The van der Waals surface area contributed by atoms with E-state index in [0.717, 1.165) is 10.4 Å². The monoisotopic (exact) mass is 512 g/mol. The molecule has 0 atom stereocenters. The second kappa shape index (κ2) is 9.99. The molecule has 0 aliphatic heterocycles. The van der Waals surface area contributed by atoms with Crippen LogP contribution in [-0.4, -0.2) is 30.6 Å². The van der Waals surface area contributed by atoms with Gasteiger partial charge in [-0.1, -0.05) is 48.5 Å². The number of nitrogens with zero attached hydrogens (tertiary/aromatic N) is 4. The molecule has 0 saturated carbocycles. The molecule has 0 bridgehead atoms. The Labute approximate surface area is 214 Å². The number of nitro groups is 1. The Morgan fingerprint density at radius 1 is 1.11 bits per heavy atom. The van der Waals surface area contributed by atoms with Crippen LogP contribution in [0.25, 0.3) is 16.5 Å². The number of nitro benzene ring substituents is 1. The molecule has 0 fully saturated rings. The summed E-state index contributed by atoms with van der Waals surface area (Å²) in [5.74, 6) is -0.379. The quantitative estimate of drug-likeness (QED) is 0.239. The Bertz CT molecular complexity index is 1660. The average molecular weight is 513 g/mol. The molecule has 3 heterocycles. The Hall–Kier alpha value is -4.90. The zero-order valence-corrected chi connectivity index (χ0v) is 20.4. The van der Waals surface area contributed by atoms with Gasteiger partial charge < -0.3 is 5.32 Å². The van der Waals surface area contributed by atoms with Gasteiger partial charge in [0.25, 0.3) is 17.2 Å². The third-order valence-corrected chi connectivity index (χ3v) is 6.60. The SMILES string of the molecule is Cc1nc(-n2nc(-c3cccs3)cc2NC(=O)c2ccccc2[N+](=O)[O-])[nH]c(=O)c1Cc1ccccc1. The van der Waals surface area contributed by atoms with E-state index in [4.69, 9.17) is 0 Å².